The molecule has 1 aromatic carbocycles. The lowest BCUT2D eigenvalue weighted by Gasteiger charge is -2.27. The molecule has 1 aromatic rings. The predicted molar refractivity (Wildman–Crippen MR) is 74.9 cm³/mol. The molecule has 4 heteroatoms. The Bertz CT molecular complexity index is 407. The highest BCUT2D eigenvalue weighted by Crippen LogP contribution is 2.28. The molecule has 0 bridgehead atoms. The van der Waals surface area contributed by atoms with Crippen molar-refractivity contribution in [3.05, 3.63) is 29.6 Å². The lowest BCUT2D eigenvalue weighted by Crippen LogP contribution is -2.32. The van der Waals surface area contributed by atoms with Gasteiger partial charge in [-0.2, -0.15) is 0 Å². The molecule has 0 saturated heterocycles. The smallest absolute Gasteiger partial charge is 0.131 e. The van der Waals surface area contributed by atoms with E-state index in [1.807, 2.05) is 6.92 Å². The molecule has 108 valence electrons. The first-order valence-corrected chi connectivity index (χ1v) is 6.58. The van der Waals surface area contributed by atoms with Gasteiger partial charge in [0.25, 0.3) is 0 Å². The molecule has 3 nitrogen and oxygen atoms in total. The number of aliphatic hydroxyl groups excluding tert-OH is 1. The second-order valence-corrected chi connectivity index (χ2v) is 5.60. The lowest BCUT2D eigenvalue weighted by molar-refractivity contribution is 0.203. The standard InChI is InChI=1S/C15H24FNO2/c1-11(17-10-15(2,3)8-9-18)14-12(16)6-5-7-13(14)19-4/h5-7,11,17-18H,8-10H2,1-4H3. The summed E-state index contributed by atoms with van der Waals surface area (Å²) in [4.78, 5) is 0. The van der Waals surface area contributed by atoms with Crippen molar-refractivity contribution in [3.63, 3.8) is 0 Å². The monoisotopic (exact) mass is 269 g/mol. The van der Waals surface area contributed by atoms with Crippen molar-refractivity contribution in [2.45, 2.75) is 33.2 Å². The number of aliphatic hydroxyl groups is 1. The molecule has 0 fully saturated rings. The van der Waals surface area contributed by atoms with E-state index in [-0.39, 0.29) is 23.9 Å². The van der Waals surface area contributed by atoms with Crippen molar-refractivity contribution < 1.29 is 14.2 Å². The fraction of sp³-hybridized carbons (Fsp3) is 0.600. The Morgan fingerprint density at radius 1 is 1.42 bits per heavy atom. The highest BCUT2D eigenvalue weighted by atomic mass is 19.1. The van der Waals surface area contributed by atoms with Crippen LogP contribution in [0.5, 0.6) is 5.75 Å². The van der Waals surface area contributed by atoms with E-state index in [0.717, 1.165) is 0 Å². The number of ether oxygens (including phenoxy) is 1. The fourth-order valence-electron chi connectivity index (χ4n) is 2.04. The number of hydrogen-bond acceptors (Lipinski definition) is 3. The van der Waals surface area contributed by atoms with Gasteiger partial charge in [-0.1, -0.05) is 19.9 Å². The van der Waals surface area contributed by atoms with Crippen LogP contribution in [0, 0.1) is 11.2 Å². The third kappa shape index (κ3) is 4.48. The van der Waals surface area contributed by atoms with Crippen LogP contribution in [0.15, 0.2) is 18.2 Å². The maximum absolute atomic E-state index is 13.9. The predicted octanol–water partition coefficient (Wildman–Crippen LogP) is 2.89. The third-order valence-corrected chi connectivity index (χ3v) is 3.34. The summed E-state index contributed by atoms with van der Waals surface area (Å²) in [5.41, 5.74) is 0.520. The normalized spacial score (nSPS) is 13.4. The third-order valence-electron chi connectivity index (χ3n) is 3.34. The Kier molecular flexibility index (Phi) is 5.76. The topological polar surface area (TPSA) is 41.5 Å². The molecule has 0 saturated carbocycles. The molecule has 0 aliphatic carbocycles. The van der Waals surface area contributed by atoms with E-state index in [9.17, 15) is 4.39 Å². The fourth-order valence-corrected chi connectivity index (χ4v) is 2.04. The molecule has 2 N–H and O–H groups in total. The van der Waals surface area contributed by atoms with Gasteiger partial charge in [-0.15, -0.1) is 0 Å². The van der Waals surface area contributed by atoms with Crippen LogP contribution in [0.3, 0.4) is 0 Å². The number of halogens is 1. The van der Waals surface area contributed by atoms with Crippen molar-refractivity contribution in [2.75, 3.05) is 20.3 Å². The maximum Gasteiger partial charge on any atom is 0.131 e. The van der Waals surface area contributed by atoms with Crippen LogP contribution in [0.25, 0.3) is 0 Å². The molecule has 1 atom stereocenters. The van der Waals surface area contributed by atoms with E-state index >= 15 is 0 Å². The van der Waals surface area contributed by atoms with E-state index in [1.165, 1.54) is 6.07 Å². The van der Waals surface area contributed by atoms with Gasteiger partial charge < -0.3 is 15.2 Å². The summed E-state index contributed by atoms with van der Waals surface area (Å²) in [7, 11) is 1.54. The molecule has 0 aromatic heterocycles. The number of benzene rings is 1. The Labute approximate surface area is 114 Å². The molecule has 0 aliphatic rings. The van der Waals surface area contributed by atoms with Gasteiger partial charge in [0.2, 0.25) is 0 Å². The molecule has 0 amide bonds. The zero-order chi connectivity index (χ0) is 14.5. The molecular formula is C15H24FNO2. The second kappa shape index (κ2) is 6.87. The maximum atomic E-state index is 13.9. The quantitative estimate of drug-likeness (QED) is 0.799. The van der Waals surface area contributed by atoms with Gasteiger partial charge in [0.05, 0.1) is 7.11 Å². The highest BCUT2D eigenvalue weighted by Gasteiger charge is 2.21. The van der Waals surface area contributed by atoms with Gasteiger partial charge in [-0.3, -0.25) is 0 Å². The minimum absolute atomic E-state index is 0.0263. The van der Waals surface area contributed by atoms with Crippen molar-refractivity contribution in [3.8, 4) is 5.75 Å². The molecule has 0 radical (unpaired) electrons. The van der Waals surface area contributed by atoms with Gasteiger partial charge in [0.15, 0.2) is 0 Å². The summed E-state index contributed by atoms with van der Waals surface area (Å²) < 4.78 is 19.1. The second-order valence-electron chi connectivity index (χ2n) is 5.60. The van der Waals surface area contributed by atoms with Gasteiger partial charge in [-0.25, -0.2) is 4.39 Å². The van der Waals surface area contributed by atoms with Crippen LogP contribution < -0.4 is 10.1 Å². The first-order valence-electron chi connectivity index (χ1n) is 6.58. The first-order chi connectivity index (χ1) is 8.91. The van der Waals surface area contributed by atoms with E-state index in [2.05, 4.69) is 19.2 Å². The minimum atomic E-state index is -0.265. The van der Waals surface area contributed by atoms with Crippen molar-refractivity contribution in [2.24, 2.45) is 5.41 Å². The van der Waals surface area contributed by atoms with Crippen LogP contribution in [0.4, 0.5) is 4.39 Å². The zero-order valence-electron chi connectivity index (χ0n) is 12.2. The molecule has 0 heterocycles. The number of methoxy groups -OCH3 is 1. The Morgan fingerprint density at radius 3 is 2.68 bits per heavy atom. The highest BCUT2D eigenvalue weighted by molar-refractivity contribution is 5.36. The van der Waals surface area contributed by atoms with Crippen molar-refractivity contribution in [1.82, 2.24) is 5.32 Å². The van der Waals surface area contributed by atoms with E-state index < -0.39 is 0 Å². The van der Waals surface area contributed by atoms with Gasteiger partial charge in [-0.05, 0) is 30.9 Å². The SMILES string of the molecule is COc1cccc(F)c1C(C)NCC(C)(C)CCO. The molecule has 1 rings (SSSR count). The van der Waals surface area contributed by atoms with Gasteiger partial charge in [0, 0.05) is 24.8 Å². The number of hydrogen-bond donors (Lipinski definition) is 2. The molecule has 0 spiro atoms. The average Bonchev–Trinajstić information content (AvgIpc) is 2.35. The van der Waals surface area contributed by atoms with Crippen LogP contribution in [-0.4, -0.2) is 25.4 Å². The average molecular weight is 269 g/mol. The van der Waals surface area contributed by atoms with Crippen LogP contribution in [0.2, 0.25) is 0 Å². The molecule has 19 heavy (non-hydrogen) atoms. The Hall–Kier alpha value is -1.13. The summed E-state index contributed by atoms with van der Waals surface area (Å²) in [6.07, 6.45) is 0.709. The van der Waals surface area contributed by atoms with Crippen molar-refractivity contribution >= 4 is 0 Å². The summed E-state index contributed by atoms with van der Waals surface area (Å²) in [6, 6.07) is 4.69. The summed E-state index contributed by atoms with van der Waals surface area (Å²) in [5.74, 6) is 0.291. The largest absolute Gasteiger partial charge is 0.496 e. The summed E-state index contributed by atoms with van der Waals surface area (Å²) >= 11 is 0. The van der Waals surface area contributed by atoms with Crippen molar-refractivity contribution in [1.29, 1.82) is 0 Å². The molecule has 1 unspecified atom stereocenters. The summed E-state index contributed by atoms with van der Waals surface area (Å²) in [5, 5.41) is 12.3. The van der Waals surface area contributed by atoms with Crippen LogP contribution in [0.1, 0.15) is 38.8 Å². The van der Waals surface area contributed by atoms with E-state index in [1.54, 1.807) is 19.2 Å². The minimum Gasteiger partial charge on any atom is -0.496 e. The molecular weight excluding hydrogens is 245 g/mol. The van der Waals surface area contributed by atoms with E-state index in [4.69, 9.17) is 9.84 Å². The molecule has 0 aliphatic heterocycles. The lowest BCUT2D eigenvalue weighted by atomic mass is 9.89. The van der Waals surface area contributed by atoms with Gasteiger partial charge >= 0.3 is 0 Å². The Balaban J connectivity index is 2.76. The van der Waals surface area contributed by atoms with Gasteiger partial charge in [0.1, 0.15) is 11.6 Å². The summed E-state index contributed by atoms with van der Waals surface area (Å²) in [6.45, 7) is 6.91. The Morgan fingerprint density at radius 2 is 2.11 bits per heavy atom. The van der Waals surface area contributed by atoms with Crippen LogP contribution >= 0.6 is 0 Å². The first kappa shape index (κ1) is 15.9. The zero-order valence-corrected chi connectivity index (χ0v) is 12.2. The van der Waals surface area contributed by atoms with E-state index in [0.29, 0.717) is 24.3 Å². The number of rotatable bonds is 7. The number of nitrogens with one attached hydrogen (secondary N) is 1. The van der Waals surface area contributed by atoms with Crippen LogP contribution in [-0.2, 0) is 0 Å².